The van der Waals surface area contributed by atoms with Crippen LogP contribution in [0.15, 0.2) is 48.8 Å². The molecule has 4 rings (SSSR count). The number of halogens is 1. The standard InChI is InChI=1S/C17H13FN4/c1-10-2-7-14-13(8-10)15-16(22-14)17(20-9-19-15)21-12-5-3-11(18)4-6-12/h2-9,22H,1H3,(H,19,20,21). The molecule has 4 aromatic rings. The molecule has 0 fully saturated rings. The van der Waals surface area contributed by atoms with E-state index in [4.69, 9.17) is 0 Å². The Bertz CT molecular complexity index is 973. The summed E-state index contributed by atoms with van der Waals surface area (Å²) in [5, 5.41) is 4.27. The molecule has 2 aromatic heterocycles. The van der Waals surface area contributed by atoms with Crippen molar-refractivity contribution in [3.63, 3.8) is 0 Å². The fraction of sp³-hybridized carbons (Fsp3) is 0.0588. The van der Waals surface area contributed by atoms with E-state index in [9.17, 15) is 4.39 Å². The van der Waals surface area contributed by atoms with E-state index in [-0.39, 0.29) is 5.82 Å². The van der Waals surface area contributed by atoms with Crippen molar-refractivity contribution in [2.24, 2.45) is 0 Å². The van der Waals surface area contributed by atoms with Crippen LogP contribution in [0, 0.1) is 12.7 Å². The van der Waals surface area contributed by atoms with Crippen LogP contribution < -0.4 is 5.32 Å². The van der Waals surface area contributed by atoms with Gasteiger partial charge >= 0.3 is 0 Å². The summed E-state index contributed by atoms with van der Waals surface area (Å²) in [5.41, 5.74) is 4.69. The summed E-state index contributed by atoms with van der Waals surface area (Å²) in [4.78, 5) is 12.0. The smallest absolute Gasteiger partial charge is 0.158 e. The SMILES string of the molecule is Cc1ccc2[nH]c3c(Nc4ccc(F)cc4)ncnc3c2c1. The third-order valence-corrected chi connectivity index (χ3v) is 3.64. The van der Waals surface area contributed by atoms with Gasteiger partial charge in [-0.2, -0.15) is 0 Å². The maximum atomic E-state index is 13.0. The monoisotopic (exact) mass is 292 g/mol. The van der Waals surface area contributed by atoms with E-state index >= 15 is 0 Å². The highest BCUT2D eigenvalue weighted by Crippen LogP contribution is 2.29. The molecule has 0 saturated carbocycles. The molecule has 0 aliphatic heterocycles. The minimum absolute atomic E-state index is 0.264. The predicted octanol–water partition coefficient (Wildman–Crippen LogP) is 4.30. The summed E-state index contributed by atoms with van der Waals surface area (Å²) in [6.45, 7) is 2.05. The number of aryl methyl sites for hydroxylation is 1. The third-order valence-electron chi connectivity index (χ3n) is 3.64. The van der Waals surface area contributed by atoms with E-state index in [0.29, 0.717) is 5.82 Å². The molecule has 4 nitrogen and oxygen atoms in total. The second-order valence-corrected chi connectivity index (χ2v) is 5.25. The second-order valence-electron chi connectivity index (χ2n) is 5.25. The molecule has 2 aromatic carbocycles. The van der Waals surface area contributed by atoms with Gasteiger partial charge in [0.15, 0.2) is 5.82 Å². The van der Waals surface area contributed by atoms with Gasteiger partial charge in [0.05, 0.1) is 0 Å². The van der Waals surface area contributed by atoms with Crippen molar-refractivity contribution in [3.05, 3.63) is 60.2 Å². The van der Waals surface area contributed by atoms with E-state index in [1.54, 1.807) is 12.1 Å². The summed E-state index contributed by atoms with van der Waals surface area (Å²) in [6.07, 6.45) is 1.53. The Morgan fingerprint density at radius 3 is 2.68 bits per heavy atom. The Morgan fingerprint density at radius 2 is 1.86 bits per heavy atom. The largest absolute Gasteiger partial charge is 0.350 e. The number of nitrogens with one attached hydrogen (secondary N) is 2. The molecule has 2 N–H and O–H groups in total. The van der Waals surface area contributed by atoms with Crippen molar-refractivity contribution in [1.82, 2.24) is 15.0 Å². The minimum Gasteiger partial charge on any atom is -0.350 e. The maximum absolute atomic E-state index is 13.0. The molecule has 0 amide bonds. The summed E-state index contributed by atoms with van der Waals surface area (Å²) in [6, 6.07) is 12.4. The number of H-pyrrole nitrogens is 1. The summed E-state index contributed by atoms with van der Waals surface area (Å²) in [5.74, 6) is 0.407. The predicted molar refractivity (Wildman–Crippen MR) is 85.8 cm³/mol. The van der Waals surface area contributed by atoms with E-state index in [0.717, 1.165) is 27.6 Å². The lowest BCUT2D eigenvalue weighted by atomic mass is 10.1. The molecule has 22 heavy (non-hydrogen) atoms. The van der Waals surface area contributed by atoms with Crippen molar-refractivity contribution in [2.75, 3.05) is 5.32 Å². The number of anilines is 2. The molecule has 0 atom stereocenters. The first-order valence-electron chi connectivity index (χ1n) is 6.96. The third kappa shape index (κ3) is 2.07. The van der Waals surface area contributed by atoms with Crippen molar-refractivity contribution in [2.45, 2.75) is 6.92 Å². The van der Waals surface area contributed by atoms with Gasteiger partial charge in [-0.3, -0.25) is 0 Å². The Labute approximate surface area is 126 Å². The summed E-state index contributed by atoms with van der Waals surface area (Å²) in [7, 11) is 0. The number of hydrogen-bond donors (Lipinski definition) is 2. The molecule has 0 unspecified atom stereocenters. The van der Waals surface area contributed by atoms with E-state index in [1.165, 1.54) is 24.0 Å². The quantitative estimate of drug-likeness (QED) is 0.579. The van der Waals surface area contributed by atoms with Gasteiger partial charge in [-0.25, -0.2) is 14.4 Å². The molecule has 108 valence electrons. The second kappa shape index (κ2) is 4.80. The van der Waals surface area contributed by atoms with Crippen LogP contribution in [0.2, 0.25) is 0 Å². The van der Waals surface area contributed by atoms with Gasteiger partial charge in [0, 0.05) is 16.6 Å². The number of aromatic amines is 1. The number of fused-ring (bicyclic) bond motifs is 3. The first-order valence-corrected chi connectivity index (χ1v) is 6.96. The summed E-state index contributed by atoms with van der Waals surface area (Å²) >= 11 is 0. The highest BCUT2D eigenvalue weighted by Gasteiger charge is 2.10. The fourth-order valence-electron chi connectivity index (χ4n) is 2.57. The number of aromatic nitrogens is 3. The first-order chi connectivity index (χ1) is 10.7. The van der Waals surface area contributed by atoms with Crippen LogP contribution in [0.3, 0.4) is 0 Å². The zero-order chi connectivity index (χ0) is 15.1. The van der Waals surface area contributed by atoms with E-state index in [2.05, 4.69) is 39.3 Å². The lowest BCUT2D eigenvalue weighted by Gasteiger charge is -2.05. The number of rotatable bonds is 2. The van der Waals surface area contributed by atoms with Gasteiger partial charge in [0.1, 0.15) is 23.2 Å². The van der Waals surface area contributed by atoms with Crippen molar-refractivity contribution < 1.29 is 4.39 Å². The molecule has 5 heteroatoms. The molecule has 2 heterocycles. The van der Waals surface area contributed by atoms with Gasteiger partial charge < -0.3 is 10.3 Å². The van der Waals surface area contributed by atoms with Crippen LogP contribution in [-0.2, 0) is 0 Å². The Balaban J connectivity index is 1.87. The van der Waals surface area contributed by atoms with Gasteiger partial charge in [-0.15, -0.1) is 0 Å². The summed E-state index contributed by atoms with van der Waals surface area (Å²) < 4.78 is 13.0. The Kier molecular flexibility index (Phi) is 2.79. The van der Waals surface area contributed by atoms with Crippen LogP contribution >= 0.6 is 0 Å². The molecule has 0 aliphatic carbocycles. The van der Waals surface area contributed by atoms with E-state index < -0.39 is 0 Å². The zero-order valence-electron chi connectivity index (χ0n) is 11.9. The van der Waals surface area contributed by atoms with Gasteiger partial charge in [-0.1, -0.05) is 11.6 Å². The number of hydrogen-bond acceptors (Lipinski definition) is 3. The topological polar surface area (TPSA) is 53.6 Å². The van der Waals surface area contributed by atoms with Crippen LogP contribution in [0.25, 0.3) is 21.9 Å². The Morgan fingerprint density at radius 1 is 1.05 bits per heavy atom. The molecular weight excluding hydrogens is 279 g/mol. The molecule has 0 spiro atoms. The van der Waals surface area contributed by atoms with Crippen molar-refractivity contribution >= 4 is 33.4 Å². The molecule has 0 radical (unpaired) electrons. The van der Waals surface area contributed by atoms with E-state index in [1.807, 2.05) is 6.07 Å². The number of benzene rings is 2. The molecule has 0 saturated heterocycles. The van der Waals surface area contributed by atoms with Crippen molar-refractivity contribution in [3.8, 4) is 0 Å². The molecular formula is C17H13FN4. The highest BCUT2D eigenvalue weighted by atomic mass is 19.1. The average molecular weight is 292 g/mol. The zero-order valence-corrected chi connectivity index (χ0v) is 11.9. The normalized spacial score (nSPS) is 11.2. The van der Waals surface area contributed by atoms with Crippen LogP contribution in [0.1, 0.15) is 5.56 Å². The molecule has 0 bridgehead atoms. The van der Waals surface area contributed by atoms with Gasteiger partial charge in [0.25, 0.3) is 0 Å². The molecule has 0 aliphatic rings. The minimum atomic E-state index is -0.264. The maximum Gasteiger partial charge on any atom is 0.158 e. The lowest BCUT2D eigenvalue weighted by Crippen LogP contribution is -1.95. The lowest BCUT2D eigenvalue weighted by molar-refractivity contribution is 0.628. The number of nitrogens with zero attached hydrogens (tertiary/aromatic N) is 2. The van der Waals surface area contributed by atoms with Gasteiger partial charge in [-0.05, 0) is 43.3 Å². The van der Waals surface area contributed by atoms with Crippen LogP contribution in [0.5, 0.6) is 0 Å². The average Bonchev–Trinajstić information content (AvgIpc) is 2.89. The highest BCUT2D eigenvalue weighted by molar-refractivity contribution is 6.08. The van der Waals surface area contributed by atoms with Crippen molar-refractivity contribution in [1.29, 1.82) is 0 Å². The van der Waals surface area contributed by atoms with Crippen LogP contribution in [0.4, 0.5) is 15.9 Å². The Hall–Kier alpha value is -2.95. The first kappa shape index (κ1) is 12.8. The van der Waals surface area contributed by atoms with Gasteiger partial charge in [0.2, 0.25) is 0 Å². The van der Waals surface area contributed by atoms with Crippen LogP contribution in [-0.4, -0.2) is 15.0 Å². The fourth-order valence-corrected chi connectivity index (χ4v) is 2.57.